The lowest BCUT2D eigenvalue weighted by Gasteiger charge is -2.21. The molecule has 1 amide bonds. The third kappa shape index (κ3) is 5.01. The van der Waals surface area contributed by atoms with Gasteiger partial charge in [0.25, 0.3) is 0 Å². The lowest BCUT2D eigenvalue weighted by atomic mass is 10.2. The van der Waals surface area contributed by atoms with Crippen LogP contribution in [0.4, 0.5) is 4.39 Å². The highest BCUT2D eigenvalue weighted by Gasteiger charge is 2.14. The van der Waals surface area contributed by atoms with E-state index < -0.39 is 0 Å². The van der Waals surface area contributed by atoms with Gasteiger partial charge in [-0.05, 0) is 25.2 Å². The Morgan fingerprint density at radius 1 is 1.04 bits per heavy atom. The van der Waals surface area contributed by atoms with Crippen LogP contribution in [0.3, 0.4) is 0 Å². The molecule has 6 heteroatoms. The number of para-hydroxylation sites is 1. The summed E-state index contributed by atoms with van der Waals surface area (Å²) in [7, 11) is 3.57. The third-order valence-corrected chi connectivity index (χ3v) is 4.31. The van der Waals surface area contributed by atoms with Crippen LogP contribution in [0.15, 0.2) is 67.0 Å². The molecule has 0 bridgehead atoms. The van der Waals surface area contributed by atoms with Crippen LogP contribution in [-0.2, 0) is 17.9 Å². The molecule has 0 saturated carbocycles. The van der Waals surface area contributed by atoms with E-state index in [1.54, 1.807) is 41.0 Å². The predicted molar refractivity (Wildman–Crippen MR) is 103 cm³/mol. The van der Waals surface area contributed by atoms with Gasteiger partial charge in [-0.15, -0.1) is 0 Å². The van der Waals surface area contributed by atoms with E-state index in [0.717, 1.165) is 11.3 Å². The number of hydrogen-bond donors (Lipinski definition) is 0. The molecule has 0 unspecified atom stereocenters. The quantitative estimate of drug-likeness (QED) is 0.645. The van der Waals surface area contributed by atoms with Gasteiger partial charge >= 0.3 is 0 Å². The molecule has 5 nitrogen and oxygen atoms in total. The monoisotopic (exact) mass is 366 g/mol. The topological polar surface area (TPSA) is 41.4 Å². The molecule has 0 N–H and O–H groups in total. The van der Waals surface area contributed by atoms with E-state index in [9.17, 15) is 9.18 Å². The summed E-state index contributed by atoms with van der Waals surface area (Å²) in [5, 5.41) is 4.35. The summed E-state index contributed by atoms with van der Waals surface area (Å²) in [5.41, 5.74) is 2.51. The maximum absolute atomic E-state index is 13.7. The first-order valence-electron chi connectivity index (χ1n) is 8.78. The number of halogens is 1. The number of carbonyl (C=O) groups is 1. The minimum absolute atomic E-state index is 0.0266. The van der Waals surface area contributed by atoms with Gasteiger partial charge < -0.3 is 4.90 Å². The zero-order valence-corrected chi connectivity index (χ0v) is 15.5. The molecular formula is C21H23FN4O. The average molecular weight is 366 g/mol. The zero-order valence-electron chi connectivity index (χ0n) is 15.5. The fraction of sp³-hybridized carbons (Fsp3) is 0.238. The number of carbonyl (C=O) groups excluding carboxylic acids is 1. The van der Waals surface area contributed by atoms with E-state index in [0.29, 0.717) is 18.7 Å². The first kappa shape index (κ1) is 18.8. The van der Waals surface area contributed by atoms with Crippen molar-refractivity contribution in [2.45, 2.75) is 13.1 Å². The smallest absolute Gasteiger partial charge is 0.236 e. The van der Waals surface area contributed by atoms with E-state index >= 15 is 0 Å². The molecule has 0 atom stereocenters. The summed E-state index contributed by atoms with van der Waals surface area (Å²) in [4.78, 5) is 15.9. The van der Waals surface area contributed by atoms with Crippen molar-refractivity contribution in [1.29, 1.82) is 0 Å². The molecule has 0 radical (unpaired) electrons. The summed E-state index contributed by atoms with van der Waals surface area (Å²) in [6.45, 7) is 1.08. The van der Waals surface area contributed by atoms with Gasteiger partial charge in [0.15, 0.2) is 0 Å². The van der Waals surface area contributed by atoms with Crippen LogP contribution in [0.2, 0.25) is 0 Å². The van der Waals surface area contributed by atoms with Crippen molar-refractivity contribution >= 4 is 5.91 Å². The van der Waals surface area contributed by atoms with Gasteiger partial charge in [-0.2, -0.15) is 5.10 Å². The molecule has 3 rings (SSSR count). The second-order valence-corrected chi connectivity index (χ2v) is 6.64. The number of rotatable bonds is 7. The lowest BCUT2D eigenvalue weighted by molar-refractivity contribution is -0.131. The minimum Gasteiger partial charge on any atom is -0.340 e. The molecule has 1 heterocycles. The van der Waals surface area contributed by atoms with Crippen LogP contribution >= 0.6 is 0 Å². The SMILES string of the molecule is CN(CC(=O)N(C)Cc1cnn(-c2ccccc2)c1)Cc1ccccc1F. The highest BCUT2D eigenvalue weighted by molar-refractivity contribution is 5.77. The molecule has 0 saturated heterocycles. The van der Waals surface area contributed by atoms with E-state index in [1.165, 1.54) is 6.07 Å². The van der Waals surface area contributed by atoms with Crippen LogP contribution in [0.25, 0.3) is 5.69 Å². The minimum atomic E-state index is -0.251. The number of nitrogens with zero attached hydrogens (tertiary/aromatic N) is 4. The van der Waals surface area contributed by atoms with Crippen molar-refractivity contribution in [1.82, 2.24) is 19.6 Å². The van der Waals surface area contributed by atoms with Crippen molar-refractivity contribution in [3.8, 4) is 5.69 Å². The molecule has 0 aliphatic rings. The Morgan fingerprint density at radius 3 is 2.48 bits per heavy atom. The second-order valence-electron chi connectivity index (χ2n) is 6.64. The third-order valence-electron chi connectivity index (χ3n) is 4.31. The molecule has 0 aliphatic heterocycles. The fourth-order valence-electron chi connectivity index (χ4n) is 2.85. The molecule has 0 spiro atoms. The first-order chi connectivity index (χ1) is 13.0. The predicted octanol–water partition coefficient (Wildman–Crippen LogP) is 3.10. The largest absolute Gasteiger partial charge is 0.340 e. The Morgan fingerprint density at radius 2 is 1.74 bits per heavy atom. The maximum Gasteiger partial charge on any atom is 0.236 e. The molecular weight excluding hydrogens is 343 g/mol. The van der Waals surface area contributed by atoms with Gasteiger partial charge in [0, 0.05) is 37.5 Å². The van der Waals surface area contributed by atoms with Crippen molar-refractivity contribution in [2.24, 2.45) is 0 Å². The summed E-state index contributed by atoms with van der Waals surface area (Å²) in [6, 6.07) is 16.4. The van der Waals surface area contributed by atoms with Crippen molar-refractivity contribution in [3.63, 3.8) is 0 Å². The van der Waals surface area contributed by atoms with E-state index in [-0.39, 0.29) is 18.3 Å². The van der Waals surface area contributed by atoms with Gasteiger partial charge in [0.2, 0.25) is 5.91 Å². The Hall–Kier alpha value is -2.99. The second kappa shape index (κ2) is 8.60. The highest BCUT2D eigenvalue weighted by atomic mass is 19.1. The number of amides is 1. The molecule has 1 aromatic heterocycles. The van der Waals surface area contributed by atoms with E-state index in [4.69, 9.17) is 0 Å². The number of benzene rings is 2. The summed E-state index contributed by atoms with van der Waals surface area (Å²) in [5.74, 6) is -0.278. The van der Waals surface area contributed by atoms with Crippen LogP contribution in [0, 0.1) is 5.82 Å². The number of hydrogen-bond acceptors (Lipinski definition) is 3. The van der Waals surface area contributed by atoms with Gasteiger partial charge in [-0.3, -0.25) is 9.69 Å². The van der Waals surface area contributed by atoms with Gasteiger partial charge in [0.05, 0.1) is 18.4 Å². The Labute approximate surface area is 158 Å². The van der Waals surface area contributed by atoms with Crippen LogP contribution in [0.1, 0.15) is 11.1 Å². The van der Waals surface area contributed by atoms with Gasteiger partial charge in [-0.1, -0.05) is 36.4 Å². The van der Waals surface area contributed by atoms with Crippen molar-refractivity contribution in [2.75, 3.05) is 20.6 Å². The van der Waals surface area contributed by atoms with Crippen LogP contribution < -0.4 is 0 Å². The zero-order chi connectivity index (χ0) is 19.2. The molecule has 0 fully saturated rings. The van der Waals surface area contributed by atoms with Crippen LogP contribution in [0.5, 0.6) is 0 Å². The number of aromatic nitrogens is 2. The maximum atomic E-state index is 13.7. The number of likely N-dealkylation sites (N-methyl/N-ethyl adjacent to an activating group) is 2. The average Bonchev–Trinajstić information content (AvgIpc) is 3.13. The Kier molecular flexibility index (Phi) is 5.98. The van der Waals surface area contributed by atoms with Gasteiger partial charge in [-0.25, -0.2) is 9.07 Å². The van der Waals surface area contributed by atoms with Gasteiger partial charge in [0.1, 0.15) is 5.82 Å². The van der Waals surface area contributed by atoms with E-state index in [2.05, 4.69) is 5.10 Å². The fourth-order valence-corrected chi connectivity index (χ4v) is 2.85. The Bertz CT molecular complexity index is 894. The lowest BCUT2D eigenvalue weighted by Crippen LogP contribution is -2.36. The Balaban J connectivity index is 1.55. The standard InChI is InChI=1S/C21H23FN4O/c1-24(15-18-8-6-7-11-20(18)22)16-21(27)25(2)13-17-12-23-26(14-17)19-9-4-3-5-10-19/h3-12,14H,13,15-16H2,1-2H3. The van der Waals surface area contributed by atoms with Crippen molar-refractivity contribution < 1.29 is 9.18 Å². The summed E-state index contributed by atoms with van der Waals surface area (Å²) in [6.07, 6.45) is 3.68. The summed E-state index contributed by atoms with van der Waals surface area (Å²) >= 11 is 0. The highest BCUT2D eigenvalue weighted by Crippen LogP contribution is 2.11. The normalized spacial score (nSPS) is 11.0. The summed E-state index contributed by atoms with van der Waals surface area (Å²) < 4.78 is 15.5. The molecule has 27 heavy (non-hydrogen) atoms. The first-order valence-corrected chi connectivity index (χ1v) is 8.78. The molecule has 2 aromatic carbocycles. The molecule has 0 aliphatic carbocycles. The molecule has 140 valence electrons. The van der Waals surface area contributed by atoms with E-state index in [1.807, 2.05) is 48.5 Å². The van der Waals surface area contributed by atoms with Crippen molar-refractivity contribution in [3.05, 3.63) is 83.9 Å². The molecule has 3 aromatic rings. The van der Waals surface area contributed by atoms with Crippen LogP contribution in [-0.4, -0.2) is 46.1 Å².